The average molecular weight is 410 g/mol. The molecule has 1 aromatic rings. The fraction of sp³-hybridized carbons (Fsp3) is 0.562. The molecule has 2 atom stereocenters. The number of hydrogen-bond acceptors (Lipinski definition) is 5. The predicted octanol–water partition coefficient (Wildman–Crippen LogP) is 1.83. The zero-order chi connectivity index (χ0) is 16.4. The van der Waals surface area contributed by atoms with Crippen LogP contribution >= 0.6 is 24.8 Å². The monoisotopic (exact) mass is 409 g/mol. The van der Waals surface area contributed by atoms with E-state index in [2.05, 4.69) is 5.32 Å². The molecule has 3 N–H and O–H groups in total. The maximum Gasteiger partial charge on any atom is 0.227 e. The van der Waals surface area contributed by atoms with Crippen molar-refractivity contribution in [2.24, 2.45) is 11.7 Å². The number of rotatable bonds is 3. The lowest BCUT2D eigenvalue weighted by molar-refractivity contribution is -0.119. The van der Waals surface area contributed by atoms with Gasteiger partial charge < -0.3 is 16.0 Å². The van der Waals surface area contributed by atoms with E-state index in [-0.39, 0.29) is 54.2 Å². The van der Waals surface area contributed by atoms with E-state index in [1.165, 1.54) is 0 Å². The smallest absolute Gasteiger partial charge is 0.227 e. The molecule has 0 bridgehead atoms. The summed E-state index contributed by atoms with van der Waals surface area (Å²) in [6.45, 7) is 0.994. The van der Waals surface area contributed by atoms with Crippen LogP contribution in [0.4, 0.5) is 11.4 Å². The van der Waals surface area contributed by atoms with Gasteiger partial charge in [0.05, 0.1) is 11.5 Å². The summed E-state index contributed by atoms with van der Waals surface area (Å²) in [4.78, 5) is 14.3. The number of nitrogens with two attached hydrogens (primary N) is 1. The molecule has 1 aliphatic carbocycles. The first-order chi connectivity index (χ1) is 10.9. The van der Waals surface area contributed by atoms with Crippen LogP contribution in [0.2, 0.25) is 0 Å². The van der Waals surface area contributed by atoms with Crippen molar-refractivity contribution in [1.29, 1.82) is 0 Å². The number of sulfone groups is 1. The van der Waals surface area contributed by atoms with E-state index >= 15 is 0 Å². The summed E-state index contributed by atoms with van der Waals surface area (Å²) < 4.78 is 23.0. The Morgan fingerprint density at radius 3 is 2.44 bits per heavy atom. The summed E-state index contributed by atoms with van der Waals surface area (Å²) in [6.07, 6.45) is 2.49. The molecular formula is C16H25Cl2N3O3S. The van der Waals surface area contributed by atoms with Crippen molar-refractivity contribution < 1.29 is 13.2 Å². The van der Waals surface area contributed by atoms with Crippen molar-refractivity contribution in [3.05, 3.63) is 24.3 Å². The Bertz CT molecular complexity index is 686. The maximum atomic E-state index is 12.3. The first-order valence-electron chi connectivity index (χ1n) is 8.05. The molecule has 1 aliphatic heterocycles. The topological polar surface area (TPSA) is 92.5 Å². The van der Waals surface area contributed by atoms with Crippen molar-refractivity contribution in [2.45, 2.75) is 25.3 Å². The van der Waals surface area contributed by atoms with Crippen LogP contribution in [0.1, 0.15) is 19.3 Å². The summed E-state index contributed by atoms with van der Waals surface area (Å²) >= 11 is 0. The highest BCUT2D eigenvalue weighted by Crippen LogP contribution is 2.27. The number of benzene rings is 1. The number of carbonyl (C=O) groups is 1. The Kier molecular flexibility index (Phi) is 7.99. The quantitative estimate of drug-likeness (QED) is 0.793. The van der Waals surface area contributed by atoms with Crippen LogP contribution in [0.5, 0.6) is 0 Å². The van der Waals surface area contributed by atoms with Crippen molar-refractivity contribution in [2.75, 3.05) is 34.8 Å². The fourth-order valence-corrected chi connectivity index (χ4v) is 4.45. The molecule has 0 aromatic heterocycles. The van der Waals surface area contributed by atoms with E-state index in [1.54, 1.807) is 0 Å². The second-order valence-corrected chi connectivity index (χ2v) is 8.75. The molecular weight excluding hydrogens is 385 g/mol. The molecule has 0 radical (unpaired) electrons. The zero-order valence-corrected chi connectivity index (χ0v) is 16.3. The molecule has 0 spiro atoms. The molecule has 2 aliphatic rings. The van der Waals surface area contributed by atoms with Crippen LogP contribution in [0.15, 0.2) is 24.3 Å². The lowest BCUT2D eigenvalue weighted by atomic mass is 10.1. The van der Waals surface area contributed by atoms with Crippen LogP contribution in [-0.2, 0) is 14.6 Å². The highest BCUT2D eigenvalue weighted by atomic mass is 35.5. The number of hydrogen-bond donors (Lipinski definition) is 2. The average Bonchev–Trinajstić information content (AvgIpc) is 2.94. The van der Waals surface area contributed by atoms with E-state index in [9.17, 15) is 13.2 Å². The molecule has 1 saturated heterocycles. The normalized spacial score (nSPS) is 24.8. The third-order valence-corrected chi connectivity index (χ3v) is 6.28. The third kappa shape index (κ3) is 5.74. The van der Waals surface area contributed by atoms with Crippen LogP contribution in [0.25, 0.3) is 0 Å². The van der Waals surface area contributed by atoms with Gasteiger partial charge in [-0.1, -0.05) is 6.07 Å². The third-order valence-electron chi connectivity index (χ3n) is 4.67. The molecule has 2 fully saturated rings. The summed E-state index contributed by atoms with van der Waals surface area (Å²) in [5, 5.41) is 2.96. The Balaban J connectivity index is 0.00000156. The molecule has 1 aromatic carbocycles. The van der Waals surface area contributed by atoms with Gasteiger partial charge in [0.2, 0.25) is 5.91 Å². The molecule has 9 heteroatoms. The van der Waals surface area contributed by atoms with Gasteiger partial charge in [-0.15, -0.1) is 24.8 Å². The molecule has 3 rings (SSSR count). The second kappa shape index (κ2) is 9.07. The van der Waals surface area contributed by atoms with Crippen LogP contribution in [0.3, 0.4) is 0 Å². The Hall–Kier alpha value is -1.02. The number of nitrogens with one attached hydrogen (secondary N) is 1. The Labute approximate surface area is 161 Å². The molecule has 1 amide bonds. The number of nitrogens with zero attached hydrogens (tertiary/aromatic N) is 1. The highest BCUT2D eigenvalue weighted by Gasteiger charge is 2.28. The van der Waals surface area contributed by atoms with Gasteiger partial charge in [0, 0.05) is 36.4 Å². The van der Waals surface area contributed by atoms with E-state index in [4.69, 9.17) is 5.73 Å². The Morgan fingerprint density at radius 2 is 1.84 bits per heavy atom. The summed E-state index contributed by atoms with van der Waals surface area (Å²) in [5.74, 6) is 0.387. The molecule has 6 nitrogen and oxygen atoms in total. The summed E-state index contributed by atoms with van der Waals surface area (Å²) in [7, 11) is -2.89. The number of carbonyl (C=O) groups excluding carboxylic acids is 1. The van der Waals surface area contributed by atoms with Crippen molar-refractivity contribution in [3.8, 4) is 0 Å². The first kappa shape index (κ1) is 22.0. The van der Waals surface area contributed by atoms with Gasteiger partial charge in [-0.25, -0.2) is 8.42 Å². The van der Waals surface area contributed by atoms with Crippen molar-refractivity contribution in [3.63, 3.8) is 0 Å². The standard InChI is InChI=1S/C16H23N3O3S.2ClH/c17-13-5-4-12(10-13)16(20)18-14-2-1-3-15(11-14)19-6-8-23(21,22)9-7-19;;/h1-3,11-13H,4-10,17H2,(H,18,20);2*1H. The van der Waals surface area contributed by atoms with Gasteiger partial charge >= 0.3 is 0 Å². The van der Waals surface area contributed by atoms with Gasteiger partial charge in [-0.2, -0.15) is 0 Å². The SMILES string of the molecule is Cl.Cl.NC1CCC(C(=O)Nc2cccc(N3CCS(=O)(=O)CC3)c2)C1. The van der Waals surface area contributed by atoms with E-state index in [0.29, 0.717) is 13.1 Å². The molecule has 2 unspecified atom stereocenters. The van der Waals surface area contributed by atoms with Crippen molar-refractivity contribution >= 4 is 51.9 Å². The lowest BCUT2D eigenvalue weighted by Crippen LogP contribution is -2.40. The first-order valence-corrected chi connectivity index (χ1v) is 9.87. The maximum absolute atomic E-state index is 12.3. The summed E-state index contributed by atoms with van der Waals surface area (Å²) in [5.41, 5.74) is 7.56. The molecule has 142 valence electrons. The molecule has 1 saturated carbocycles. The van der Waals surface area contributed by atoms with E-state index in [1.807, 2.05) is 29.2 Å². The molecule has 1 heterocycles. The minimum absolute atomic E-state index is 0. The zero-order valence-electron chi connectivity index (χ0n) is 13.9. The number of halogens is 2. The predicted molar refractivity (Wildman–Crippen MR) is 106 cm³/mol. The number of amides is 1. The summed E-state index contributed by atoms with van der Waals surface area (Å²) in [6, 6.07) is 7.72. The van der Waals surface area contributed by atoms with E-state index in [0.717, 1.165) is 30.6 Å². The minimum Gasteiger partial charge on any atom is -0.369 e. The van der Waals surface area contributed by atoms with Gasteiger partial charge in [0.25, 0.3) is 0 Å². The highest BCUT2D eigenvalue weighted by molar-refractivity contribution is 7.91. The minimum atomic E-state index is -2.89. The lowest BCUT2D eigenvalue weighted by Gasteiger charge is -2.29. The van der Waals surface area contributed by atoms with Gasteiger partial charge in [-0.05, 0) is 37.5 Å². The molecule has 25 heavy (non-hydrogen) atoms. The van der Waals surface area contributed by atoms with Gasteiger partial charge in [-0.3, -0.25) is 4.79 Å². The van der Waals surface area contributed by atoms with Crippen molar-refractivity contribution in [1.82, 2.24) is 0 Å². The van der Waals surface area contributed by atoms with E-state index < -0.39 is 9.84 Å². The largest absolute Gasteiger partial charge is 0.369 e. The van der Waals surface area contributed by atoms with Crippen LogP contribution in [-0.4, -0.2) is 45.0 Å². The number of anilines is 2. The fourth-order valence-electron chi connectivity index (χ4n) is 3.25. The van der Waals surface area contributed by atoms with Crippen LogP contribution < -0.4 is 16.0 Å². The second-order valence-electron chi connectivity index (χ2n) is 6.45. The van der Waals surface area contributed by atoms with Crippen LogP contribution in [0, 0.1) is 5.92 Å². The Morgan fingerprint density at radius 1 is 1.16 bits per heavy atom. The van der Waals surface area contributed by atoms with Gasteiger partial charge in [0.1, 0.15) is 0 Å². The van der Waals surface area contributed by atoms with Gasteiger partial charge in [0.15, 0.2) is 9.84 Å².